The van der Waals surface area contributed by atoms with Crippen molar-refractivity contribution in [3.05, 3.63) is 34.9 Å². The molecular formula is C16H20ClNO3. The van der Waals surface area contributed by atoms with Crippen LogP contribution >= 0.6 is 11.6 Å². The summed E-state index contributed by atoms with van der Waals surface area (Å²) in [6, 6.07) is 7.32. The molecule has 1 aromatic rings. The molecule has 1 aromatic carbocycles. The Kier molecular flexibility index (Phi) is 5.23. The van der Waals surface area contributed by atoms with Gasteiger partial charge < -0.3 is 10.1 Å². The number of hydrogen-bond donors (Lipinski definition) is 1. The normalized spacial score (nSPS) is 16.5. The van der Waals surface area contributed by atoms with Crippen LogP contribution in [0.5, 0.6) is 0 Å². The second-order valence-corrected chi connectivity index (χ2v) is 5.76. The van der Waals surface area contributed by atoms with E-state index < -0.39 is 5.41 Å². The van der Waals surface area contributed by atoms with Gasteiger partial charge in [-0.15, -0.1) is 0 Å². The Morgan fingerprint density at radius 1 is 1.24 bits per heavy atom. The van der Waals surface area contributed by atoms with Gasteiger partial charge in [0.05, 0.1) is 5.41 Å². The lowest BCUT2D eigenvalue weighted by molar-refractivity contribution is -0.154. The van der Waals surface area contributed by atoms with Crippen molar-refractivity contribution < 1.29 is 14.3 Å². The van der Waals surface area contributed by atoms with Crippen molar-refractivity contribution in [2.24, 2.45) is 0 Å². The zero-order valence-electron chi connectivity index (χ0n) is 12.2. The summed E-state index contributed by atoms with van der Waals surface area (Å²) in [4.78, 5) is 24.0. The molecule has 0 unspecified atom stereocenters. The van der Waals surface area contributed by atoms with Crippen LogP contribution in [0.2, 0.25) is 5.02 Å². The lowest BCUT2D eigenvalue weighted by Gasteiger charge is -2.27. The molecule has 0 aliphatic heterocycles. The van der Waals surface area contributed by atoms with Gasteiger partial charge in [0.15, 0.2) is 6.61 Å². The number of esters is 1. The fraction of sp³-hybridized carbons (Fsp3) is 0.500. The Hall–Kier alpha value is -1.55. The van der Waals surface area contributed by atoms with E-state index in [0.717, 1.165) is 31.2 Å². The molecule has 2 rings (SSSR count). The summed E-state index contributed by atoms with van der Waals surface area (Å²) >= 11 is 5.91. The maximum absolute atomic E-state index is 12.5. The van der Waals surface area contributed by atoms with Gasteiger partial charge in [-0.05, 0) is 37.5 Å². The predicted molar refractivity (Wildman–Crippen MR) is 81.2 cm³/mol. The van der Waals surface area contributed by atoms with Crippen molar-refractivity contribution >= 4 is 23.5 Å². The zero-order valence-corrected chi connectivity index (χ0v) is 12.9. The number of hydrogen-bond acceptors (Lipinski definition) is 3. The fourth-order valence-corrected chi connectivity index (χ4v) is 3.00. The monoisotopic (exact) mass is 309 g/mol. The van der Waals surface area contributed by atoms with Crippen molar-refractivity contribution in [1.82, 2.24) is 5.32 Å². The van der Waals surface area contributed by atoms with Crippen molar-refractivity contribution in [3.63, 3.8) is 0 Å². The average molecular weight is 310 g/mol. The number of carbonyl (C=O) groups excluding carboxylic acids is 2. The van der Waals surface area contributed by atoms with Gasteiger partial charge in [0.25, 0.3) is 5.91 Å². The SMILES string of the molecule is CCNC(=O)COC(=O)C1(c2ccc(Cl)cc2)CCCC1. The number of nitrogens with one attached hydrogen (secondary N) is 1. The van der Waals surface area contributed by atoms with Crippen LogP contribution in [-0.4, -0.2) is 25.0 Å². The van der Waals surface area contributed by atoms with E-state index in [1.807, 2.05) is 19.1 Å². The van der Waals surface area contributed by atoms with Crippen molar-refractivity contribution in [3.8, 4) is 0 Å². The fourth-order valence-electron chi connectivity index (χ4n) is 2.88. The maximum atomic E-state index is 12.5. The second kappa shape index (κ2) is 6.94. The number of rotatable bonds is 5. The van der Waals surface area contributed by atoms with Crippen LogP contribution in [0.15, 0.2) is 24.3 Å². The third-order valence-corrected chi connectivity index (χ3v) is 4.20. The smallest absolute Gasteiger partial charge is 0.317 e. The van der Waals surface area contributed by atoms with E-state index in [4.69, 9.17) is 16.3 Å². The topological polar surface area (TPSA) is 55.4 Å². The van der Waals surface area contributed by atoms with Gasteiger partial charge in [0.1, 0.15) is 0 Å². The molecule has 1 amide bonds. The van der Waals surface area contributed by atoms with E-state index in [9.17, 15) is 9.59 Å². The molecule has 0 atom stereocenters. The van der Waals surface area contributed by atoms with Crippen LogP contribution in [0.1, 0.15) is 38.2 Å². The number of ether oxygens (including phenoxy) is 1. The highest BCUT2D eigenvalue weighted by Gasteiger charge is 2.44. The van der Waals surface area contributed by atoms with Gasteiger partial charge in [0.2, 0.25) is 0 Å². The molecule has 1 saturated carbocycles. The molecule has 0 spiro atoms. The number of likely N-dealkylation sites (N-methyl/N-ethyl adjacent to an activating group) is 1. The summed E-state index contributed by atoms with van der Waals surface area (Å²) in [5, 5.41) is 3.26. The van der Waals surface area contributed by atoms with Crippen LogP contribution in [0, 0.1) is 0 Å². The van der Waals surface area contributed by atoms with Crippen LogP contribution in [0.25, 0.3) is 0 Å². The second-order valence-electron chi connectivity index (χ2n) is 5.33. The molecule has 4 nitrogen and oxygen atoms in total. The van der Waals surface area contributed by atoms with Crippen LogP contribution in [0.3, 0.4) is 0 Å². The lowest BCUT2D eigenvalue weighted by Crippen LogP contribution is -2.37. The Bertz CT molecular complexity index is 507. The highest BCUT2D eigenvalue weighted by atomic mass is 35.5. The van der Waals surface area contributed by atoms with Crippen molar-refractivity contribution in [2.75, 3.05) is 13.2 Å². The minimum Gasteiger partial charge on any atom is -0.455 e. The number of amides is 1. The van der Waals surface area contributed by atoms with Gasteiger partial charge in [0, 0.05) is 11.6 Å². The van der Waals surface area contributed by atoms with Crippen LogP contribution < -0.4 is 5.32 Å². The van der Waals surface area contributed by atoms with Crippen LogP contribution in [0.4, 0.5) is 0 Å². The molecule has 0 radical (unpaired) electrons. The van der Waals surface area contributed by atoms with Crippen molar-refractivity contribution in [1.29, 1.82) is 0 Å². The lowest BCUT2D eigenvalue weighted by atomic mass is 9.79. The molecule has 5 heteroatoms. The summed E-state index contributed by atoms with van der Waals surface area (Å²) in [5.74, 6) is -0.580. The minimum absolute atomic E-state index is 0.220. The zero-order chi connectivity index (χ0) is 15.3. The molecule has 21 heavy (non-hydrogen) atoms. The maximum Gasteiger partial charge on any atom is 0.317 e. The number of carbonyl (C=O) groups is 2. The third kappa shape index (κ3) is 3.56. The highest BCUT2D eigenvalue weighted by Crippen LogP contribution is 2.42. The Labute approximate surface area is 129 Å². The van der Waals surface area contributed by atoms with E-state index in [1.165, 1.54) is 0 Å². The highest BCUT2D eigenvalue weighted by molar-refractivity contribution is 6.30. The summed E-state index contributed by atoms with van der Waals surface area (Å²) in [7, 11) is 0. The first-order valence-electron chi connectivity index (χ1n) is 7.28. The van der Waals surface area contributed by atoms with E-state index in [0.29, 0.717) is 11.6 Å². The molecule has 0 bridgehead atoms. The van der Waals surface area contributed by atoms with E-state index >= 15 is 0 Å². The first-order chi connectivity index (χ1) is 10.1. The van der Waals surface area contributed by atoms with Gasteiger partial charge >= 0.3 is 5.97 Å². The Morgan fingerprint density at radius 2 is 1.86 bits per heavy atom. The standard InChI is InChI=1S/C16H20ClNO3/c1-2-18-14(19)11-21-15(20)16(9-3-4-10-16)12-5-7-13(17)8-6-12/h5-8H,2-4,9-11H2,1H3,(H,18,19). The largest absolute Gasteiger partial charge is 0.455 e. The minimum atomic E-state index is -0.628. The molecule has 0 aromatic heterocycles. The quantitative estimate of drug-likeness (QED) is 0.851. The molecule has 1 N–H and O–H groups in total. The molecule has 1 aliphatic carbocycles. The molecular weight excluding hydrogens is 290 g/mol. The first-order valence-corrected chi connectivity index (χ1v) is 7.66. The molecule has 0 saturated heterocycles. The first kappa shape index (κ1) is 15.8. The summed E-state index contributed by atoms with van der Waals surface area (Å²) in [6.07, 6.45) is 3.48. The summed E-state index contributed by atoms with van der Waals surface area (Å²) < 4.78 is 5.24. The number of benzene rings is 1. The average Bonchev–Trinajstić information content (AvgIpc) is 2.96. The molecule has 0 heterocycles. The third-order valence-electron chi connectivity index (χ3n) is 3.95. The molecule has 1 aliphatic rings. The predicted octanol–water partition coefficient (Wildman–Crippen LogP) is 2.83. The van der Waals surface area contributed by atoms with Gasteiger partial charge in [-0.2, -0.15) is 0 Å². The summed E-state index contributed by atoms with van der Waals surface area (Å²) in [5.41, 5.74) is 0.294. The number of halogens is 1. The van der Waals surface area contributed by atoms with E-state index in [2.05, 4.69) is 5.32 Å². The van der Waals surface area contributed by atoms with E-state index in [-0.39, 0.29) is 18.5 Å². The molecule has 114 valence electrons. The molecule has 1 fully saturated rings. The van der Waals surface area contributed by atoms with Gasteiger partial charge in [-0.1, -0.05) is 36.6 Å². The Morgan fingerprint density at radius 3 is 2.43 bits per heavy atom. The van der Waals surface area contributed by atoms with Gasteiger partial charge in [-0.3, -0.25) is 9.59 Å². The Balaban J connectivity index is 2.12. The van der Waals surface area contributed by atoms with Crippen molar-refractivity contribution in [2.45, 2.75) is 38.0 Å². The summed E-state index contributed by atoms with van der Waals surface area (Å²) in [6.45, 7) is 2.13. The van der Waals surface area contributed by atoms with Crippen LogP contribution in [-0.2, 0) is 19.7 Å². The van der Waals surface area contributed by atoms with Gasteiger partial charge in [-0.25, -0.2) is 0 Å². The van der Waals surface area contributed by atoms with E-state index in [1.54, 1.807) is 12.1 Å².